The van der Waals surface area contributed by atoms with Gasteiger partial charge in [0.15, 0.2) is 0 Å². The van der Waals surface area contributed by atoms with Crippen molar-refractivity contribution in [1.29, 1.82) is 5.26 Å². The summed E-state index contributed by atoms with van der Waals surface area (Å²) in [5.74, 6) is -1.41. The third kappa shape index (κ3) is 4.90. The van der Waals surface area contributed by atoms with Crippen LogP contribution in [0.5, 0.6) is 0 Å². The molecular formula is C13H14BrN3O3. The second kappa shape index (κ2) is 7.50. The fourth-order valence-corrected chi connectivity index (χ4v) is 1.77. The van der Waals surface area contributed by atoms with E-state index < -0.39 is 17.9 Å². The van der Waals surface area contributed by atoms with Gasteiger partial charge in [0.2, 0.25) is 0 Å². The highest BCUT2D eigenvalue weighted by Crippen LogP contribution is 2.20. The van der Waals surface area contributed by atoms with Gasteiger partial charge in [-0.2, -0.15) is 5.26 Å². The largest absolute Gasteiger partial charge is 0.481 e. The average molecular weight is 340 g/mol. The van der Waals surface area contributed by atoms with Crippen LogP contribution in [0.2, 0.25) is 0 Å². The number of carbonyl (C=O) groups excluding carboxylic acids is 1. The monoisotopic (exact) mass is 339 g/mol. The Hall–Kier alpha value is -2.07. The Morgan fingerprint density at radius 2 is 2.20 bits per heavy atom. The van der Waals surface area contributed by atoms with Crippen molar-refractivity contribution in [3.63, 3.8) is 0 Å². The van der Waals surface area contributed by atoms with E-state index in [4.69, 9.17) is 10.4 Å². The molecule has 1 unspecified atom stereocenters. The first kappa shape index (κ1) is 16.0. The molecule has 0 heterocycles. The summed E-state index contributed by atoms with van der Waals surface area (Å²) in [5, 5.41) is 22.7. The summed E-state index contributed by atoms with van der Waals surface area (Å²) in [6.07, 6.45) is 0.340. The topological polar surface area (TPSA) is 102 Å². The van der Waals surface area contributed by atoms with Gasteiger partial charge in [0.25, 0.3) is 0 Å². The molecule has 0 aliphatic heterocycles. The Bertz CT molecular complexity index is 554. The van der Waals surface area contributed by atoms with Crippen molar-refractivity contribution in [3.05, 3.63) is 28.2 Å². The predicted molar refractivity (Wildman–Crippen MR) is 77.3 cm³/mol. The Morgan fingerprint density at radius 3 is 2.80 bits per heavy atom. The molecule has 1 atom stereocenters. The van der Waals surface area contributed by atoms with Crippen molar-refractivity contribution in [3.8, 4) is 6.07 Å². The molecule has 0 radical (unpaired) electrons. The molecule has 0 saturated heterocycles. The van der Waals surface area contributed by atoms with Gasteiger partial charge in [-0.3, -0.25) is 4.79 Å². The molecule has 6 nitrogen and oxygen atoms in total. The van der Waals surface area contributed by atoms with Crippen molar-refractivity contribution < 1.29 is 14.7 Å². The van der Waals surface area contributed by atoms with E-state index in [1.807, 2.05) is 6.07 Å². The summed E-state index contributed by atoms with van der Waals surface area (Å²) in [6, 6.07) is 6.42. The number of anilines is 1. The van der Waals surface area contributed by atoms with Gasteiger partial charge in [-0.25, -0.2) is 4.79 Å². The lowest BCUT2D eigenvalue weighted by Gasteiger charge is -2.10. The van der Waals surface area contributed by atoms with E-state index >= 15 is 0 Å². The number of nitriles is 1. The molecular weight excluding hydrogens is 326 g/mol. The van der Waals surface area contributed by atoms with Gasteiger partial charge in [0, 0.05) is 11.0 Å². The molecule has 1 aromatic carbocycles. The van der Waals surface area contributed by atoms with Gasteiger partial charge < -0.3 is 15.7 Å². The minimum absolute atomic E-state index is 0.245. The summed E-state index contributed by atoms with van der Waals surface area (Å²) >= 11 is 3.26. The summed E-state index contributed by atoms with van der Waals surface area (Å²) in [5.41, 5.74) is 0.743. The first-order chi connectivity index (χ1) is 9.43. The van der Waals surface area contributed by atoms with E-state index in [1.165, 1.54) is 0 Å². The Labute approximate surface area is 124 Å². The molecule has 7 heteroatoms. The number of amides is 2. The number of nitrogens with zero attached hydrogens (tertiary/aromatic N) is 1. The van der Waals surface area contributed by atoms with Crippen molar-refractivity contribution >= 4 is 33.6 Å². The number of hydrogen-bond acceptors (Lipinski definition) is 3. The van der Waals surface area contributed by atoms with Gasteiger partial charge in [0.05, 0.1) is 17.2 Å². The van der Waals surface area contributed by atoms with E-state index in [0.29, 0.717) is 17.7 Å². The minimum Gasteiger partial charge on any atom is -0.481 e. The van der Waals surface area contributed by atoms with Crippen LogP contribution in [0.15, 0.2) is 22.7 Å². The molecule has 106 valence electrons. The Morgan fingerprint density at radius 1 is 1.50 bits per heavy atom. The van der Waals surface area contributed by atoms with Gasteiger partial charge in [-0.05, 0) is 24.6 Å². The highest BCUT2D eigenvalue weighted by Gasteiger charge is 2.11. The molecule has 3 N–H and O–H groups in total. The number of rotatable bonds is 5. The second-order valence-electron chi connectivity index (χ2n) is 4.21. The maximum absolute atomic E-state index is 11.6. The van der Waals surface area contributed by atoms with Crippen LogP contribution in [0.1, 0.15) is 18.9 Å². The van der Waals surface area contributed by atoms with E-state index in [2.05, 4.69) is 26.6 Å². The molecule has 1 rings (SSSR count). The molecule has 1 aromatic rings. The number of nitrogens with one attached hydrogen (secondary N) is 2. The maximum atomic E-state index is 11.6. The van der Waals surface area contributed by atoms with Gasteiger partial charge in [-0.1, -0.05) is 22.9 Å². The maximum Gasteiger partial charge on any atom is 0.319 e. The van der Waals surface area contributed by atoms with Crippen LogP contribution in [0.4, 0.5) is 10.5 Å². The first-order valence-electron chi connectivity index (χ1n) is 5.91. The van der Waals surface area contributed by atoms with E-state index in [1.54, 1.807) is 25.1 Å². The number of aliphatic carboxylic acids is 1. The zero-order chi connectivity index (χ0) is 15.1. The van der Waals surface area contributed by atoms with Gasteiger partial charge in [-0.15, -0.1) is 0 Å². The molecule has 2 amide bonds. The van der Waals surface area contributed by atoms with Crippen molar-refractivity contribution in [1.82, 2.24) is 5.32 Å². The molecule has 0 spiro atoms. The number of halogens is 1. The SMILES string of the molecule is CC(CCNC(=O)Nc1cc(Br)ccc1C#N)C(=O)O. The normalized spacial score (nSPS) is 11.2. The molecule has 0 aliphatic carbocycles. The summed E-state index contributed by atoms with van der Waals surface area (Å²) < 4.78 is 0.742. The predicted octanol–water partition coefficient (Wildman–Crippen LogP) is 2.55. The van der Waals surface area contributed by atoms with Gasteiger partial charge >= 0.3 is 12.0 Å². The summed E-state index contributed by atoms with van der Waals surface area (Å²) in [7, 11) is 0. The Balaban J connectivity index is 2.53. The summed E-state index contributed by atoms with van der Waals surface area (Å²) in [4.78, 5) is 22.3. The fraction of sp³-hybridized carbons (Fsp3) is 0.308. The zero-order valence-electron chi connectivity index (χ0n) is 10.8. The number of benzene rings is 1. The molecule has 0 saturated carbocycles. The lowest BCUT2D eigenvalue weighted by atomic mass is 10.1. The summed E-state index contributed by atoms with van der Waals surface area (Å²) in [6.45, 7) is 1.82. The number of hydrogen-bond donors (Lipinski definition) is 3. The van der Waals surface area contributed by atoms with Crippen molar-refractivity contribution in [2.75, 3.05) is 11.9 Å². The number of carbonyl (C=O) groups is 2. The third-order valence-corrected chi connectivity index (χ3v) is 3.13. The first-order valence-corrected chi connectivity index (χ1v) is 6.70. The molecule has 0 fully saturated rings. The minimum atomic E-state index is -0.897. The van der Waals surface area contributed by atoms with E-state index in [-0.39, 0.29) is 6.54 Å². The van der Waals surface area contributed by atoms with Crippen LogP contribution in [-0.4, -0.2) is 23.7 Å². The van der Waals surface area contributed by atoms with Crippen LogP contribution in [0, 0.1) is 17.2 Å². The van der Waals surface area contributed by atoms with Crippen molar-refractivity contribution in [2.24, 2.45) is 5.92 Å². The van der Waals surface area contributed by atoms with Crippen LogP contribution in [0.3, 0.4) is 0 Å². The molecule has 0 aromatic heterocycles. The number of carboxylic acid groups (broad SMARTS) is 1. The van der Waals surface area contributed by atoms with Crippen LogP contribution < -0.4 is 10.6 Å². The fourth-order valence-electron chi connectivity index (χ4n) is 1.41. The smallest absolute Gasteiger partial charge is 0.319 e. The zero-order valence-corrected chi connectivity index (χ0v) is 12.4. The van der Waals surface area contributed by atoms with Gasteiger partial charge in [0.1, 0.15) is 6.07 Å². The highest BCUT2D eigenvalue weighted by atomic mass is 79.9. The molecule has 0 bridgehead atoms. The molecule has 20 heavy (non-hydrogen) atoms. The third-order valence-electron chi connectivity index (χ3n) is 2.63. The number of carboxylic acids is 1. The lowest BCUT2D eigenvalue weighted by Crippen LogP contribution is -2.31. The number of urea groups is 1. The van der Waals surface area contributed by atoms with Crippen LogP contribution >= 0.6 is 15.9 Å². The van der Waals surface area contributed by atoms with Crippen LogP contribution in [-0.2, 0) is 4.79 Å². The lowest BCUT2D eigenvalue weighted by molar-refractivity contribution is -0.141. The molecule has 0 aliphatic rings. The quantitative estimate of drug-likeness (QED) is 0.766. The van der Waals surface area contributed by atoms with E-state index in [9.17, 15) is 9.59 Å². The Kier molecular flexibility index (Phi) is 6.00. The average Bonchev–Trinajstić information content (AvgIpc) is 2.38. The highest BCUT2D eigenvalue weighted by molar-refractivity contribution is 9.10. The second-order valence-corrected chi connectivity index (χ2v) is 5.13. The van der Waals surface area contributed by atoms with E-state index in [0.717, 1.165) is 4.47 Å². The van der Waals surface area contributed by atoms with Crippen molar-refractivity contribution in [2.45, 2.75) is 13.3 Å². The van der Waals surface area contributed by atoms with Crippen LogP contribution in [0.25, 0.3) is 0 Å². The standard InChI is InChI=1S/C13H14BrN3O3/c1-8(12(18)19)4-5-16-13(20)17-11-6-10(14)3-2-9(11)7-15/h2-3,6,8H,4-5H2,1H3,(H,18,19)(H2,16,17,20).